The third-order valence-corrected chi connectivity index (χ3v) is 9.39. The predicted octanol–water partition coefficient (Wildman–Crippen LogP) is 6.65. The fraction of sp³-hybridized carbons (Fsp3) is 0.765. The van der Waals surface area contributed by atoms with Crippen LogP contribution in [0.4, 0.5) is 0 Å². The zero-order chi connectivity index (χ0) is 27.9. The molecular weight excluding hydrogens is 482 g/mol. The molecule has 1 saturated carbocycles. The summed E-state index contributed by atoms with van der Waals surface area (Å²) in [5.74, 6) is 0.664. The second-order valence-corrected chi connectivity index (χ2v) is 12.3. The van der Waals surface area contributed by atoms with Gasteiger partial charge in [-0.15, -0.1) is 0 Å². The Labute approximate surface area is 239 Å². The molecule has 0 spiro atoms. The SMILES string of the molecule is CCCCCCCCN(CCc1ccccc1)C[C@@H]1CCCN1C(=O)[C@@H](CC(=O)[C@H](C)NC)C1CCCCC1. The molecule has 3 atom stereocenters. The molecule has 1 amide bonds. The minimum absolute atomic E-state index is 0.148. The summed E-state index contributed by atoms with van der Waals surface area (Å²) in [5.41, 5.74) is 1.39. The lowest BCUT2D eigenvalue weighted by molar-refractivity contribution is -0.142. The van der Waals surface area contributed by atoms with Crippen LogP contribution in [0.2, 0.25) is 0 Å². The van der Waals surface area contributed by atoms with Crippen molar-refractivity contribution in [3.8, 4) is 0 Å². The van der Waals surface area contributed by atoms with Gasteiger partial charge in [-0.25, -0.2) is 0 Å². The quantitative estimate of drug-likeness (QED) is 0.212. The summed E-state index contributed by atoms with van der Waals surface area (Å²) >= 11 is 0. The molecular formula is C34H57N3O2. The number of carbonyl (C=O) groups is 2. The molecule has 0 bridgehead atoms. The van der Waals surface area contributed by atoms with Gasteiger partial charge >= 0.3 is 0 Å². The molecule has 2 aliphatic rings. The van der Waals surface area contributed by atoms with E-state index >= 15 is 0 Å². The van der Waals surface area contributed by atoms with Gasteiger partial charge in [0.1, 0.15) is 5.78 Å². The van der Waals surface area contributed by atoms with Crippen molar-refractivity contribution in [3.63, 3.8) is 0 Å². The summed E-state index contributed by atoms with van der Waals surface area (Å²) in [6, 6.07) is 10.9. The first-order valence-corrected chi connectivity index (χ1v) is 16.3. The van der Waals surface area contributed by atoms with E-state index in [-0.39, 0.29) is 29.7 Å². The van der Waals surface area contributed by atoms with Crippen LogP contribution >= 0.6 is 0 Å². The van der Waals surface area contributed by atoms with E-state index in [1.54, 1.807) is 0 Å². The number of amides is 1. The standard InChI is InChI=1S/C34H57N3O2/c1-4-5-6-7-8-15-23-36(25-22-29-17-11-9-12-18-29)27-31-21-16-24-37(31)34(39)32(26-33(38)28(2)35-3)30-19-13-10-14-20-30/h9,11-12,17-18,28,30-32,35H,4-8,10,13-16,19-27H2,1-3H3/t28-,31-,32-/m0/s1. The van der Waals surface area contributed by atoms with Crippen molar-refractivity contribution >= 4 is 11.7 Å². The molecule has 1 aromatic carbocycles. The van der Waals surface area contributed by atoms with Crippen LogP contribution in [0.5, 0.6) is 0 Å². The van der Waals surface area contributed by atoms with Gasteiger partial charge < -0.3 is 15.1 Å². The van der Waals surface area contributed by atoms with E-state index in [0.717, 1.165) is 58.3 Å². The largest absolute Gasteiger partial charge is 0.338 e. The van der Waals surface area contributed by atoms with Crippen LogP contribution < -0.4 is 5.32 Å². The number of hydrogen-bond acceptors (Lipinski definition) is 4. The van der Waals surface area contributed by atoms with E-state index in [4.69, 9.17) is 0 Å². The Bertz CT molecular complexity index is 823. The monoisotopic (exact) mass is 539 g/mol. The van der Waals surface area contributed by atoms with Crippen molar-refractivity contribution in [2.75, 3.05) is 33.2 Å². The van der Waals surface area contributed by atoms with E-state index in [0.29, 0.717) is 12.3 Å². The van der Waals surface area contributed by atoms with Crippen molar-refractivity contribution < 1.29 is 9.59 Å². The fourth-order valence-electron chi connectivity index (χ4n) is 6.72. The Kier molecular flexibility index (Phi) is 14.6. The van der Waals surface area contributed by atoms with Gasteiger partial charge in [-0.1, -0.05) is 88.6 Å². The van der Waals surface area contributed by atoms with Crippen molar-refractivity contribution in [3.05, 3.63) is 35.9 Å². The maximum absolute atomic E-state index is 14.2. The van der Waals surface area contributed by atoms with E-state index in [2.05, 4.69) is 52.4 Å². The number of hydrogen-bond donors (Lipinski definition) is 1. The number of likely N-dealkylation sites (N-methyl/N-ethyl adjacent to an activating group) is 1. The first-order valence-electron chi connectivity index (χ1n) is 16.3. The van der Waals surface area contributed by atoms with Crippen LogP contribution in [0.25, 0.3) is 0 Å². The van der Waals surface area contributed by atoms with Gasteiger partial charge in [0.2, 0.25) is 5.91 Å². The lowest BCUT2D eigenvalue weighted by atomic mass is 9.76. The number of benzene rings is 1. The van der Waals surface area contributed by atoms with Gasteiger partial charge in [0.05, 0.1) is 6.04 Å². The number of likely N-dealkylation sites (tertiary alicyclic amines) is 1. The predicted molar refractivity (Wildman–Crippen MR) is 163 cm³/mol. The van der Waals surface area contributed by atoms with Crippen molar-refractivity contribution in [1.82, 2.24) is 15.1 Å². The Hall–Kier alpha value is -1.72. The van der Waals surface area contributed by atoms with Gasteiger partial charge in [0, 0.05) is 38.0 Å². The molecule has 5 heteroatoms. The number of nitrogens with zero attached hydrogens (tertiary/aromatic N) is 2. The third-order valence-electron chi connectivity index (χ3n) is 9.39. The van der Waals surface area contributed by atoms with Crippen molar-refractivity contribution in [2.45, 2.75) is 122 Å². The minimum Gasteiger partial charge on any atom is -0.338 e. The molecule has 5 nitrogen and oxygen atoms in total. The van der Waals surface area contributed by atoms with Crippen LogP contribution in [-0.4, -0.2) is 66.8 Å². The molecule has 2 fully saturated rings. The first kappa shape index (κ1) is 31.8. The highest BCUT2D eigenvalue weighted by atomic mass is 16.2. The number of nitrogens with one attached hydrogen (secondary N) is 1. The topological polar surface area (TPSA) is 52.7 Å². The van der Waals surface area contributed by atoms with E-state index < -0.39 is 0 Å². The number of rotatable bonds is 18. The molecule has 1 N–H and O–H groups in total. The van der Waals surface area contributed by atoms with Crippen molar-refractivity contribution in [1.29, 1.82) is 0 Å². The van der Waals surface area contributed by atoms with Crippen LogP contribution in [0.3, 0.4) is 0 Å². The second-order valence-electron chi connectivity index (χ2n) is 12.3. The van der Waals surface area contributed by atoms with Gasteiger partial charge in [-0.2, -0.15) is 0 Å². The smallest absolute Gasteiger partial charge is 0.226 e. The molecule has 1 aliphatic heterocycles. The molecule has 0 unspecified atom stereocenters. The van der Waals surface area contributed by atoms with Crippen LogP contribution in [0.15, 0.2) is 30.3 Å². The summed E-state index contributed by atoms with van der Waals surface area (Å²) in [5, 5.41) is 3.10. The summed E-state index contributed by atoms with van der Waals surface area (Å²) in [6.07, 6.45) is 17.3. The number of Topliss-reactive ketones (excluding diaryl/α,β-unsaturated/α-hetero) is 1. The number of carbonyl (C=O) groups excluding carboxylic acids is 2. The number of unbranched alkanes of at least 4 members (excludes halogenated alkanes) is 5. The highest BCUT2D eigenvalue weighted by Crippen LogP contribution is 2.35. The molecule has 3 rings (SSSR count). The molecule has 1 aliphatic carbocycles. The summed E-state index contributed by atoms with van der Waals surface area (Å²) in [6.45, 7) is 8.17. The second kappa shape index (κ2) is 17.9. The number of ketones is 1. The maximum atomic E-state index is 14.2. The van der Waals surface area contributed by atoms with Crippen LogP contribution in [0, 0.1) is 11.8 Å². The fourth-order valence-corrected chi connectivity index (χ4v) is 6.72. The van der Waals surface area contributed by atoms with E-state index in [9.17, 15) is 9.59 Å². The van der Waals surface area contributed by atoms with Gasteiger partial charge in [-0.05, 0) is 70.5 Å². The maximum Gasteiger partial charge on any atom is 0.226 e. The lowest BCUT2D eigenvalue weighted by Crippen LogP contribution is -2.48. The summed E-state index contributed by atoms with van der Waals surface area (Å²) < 4.78 is 0. The van der Waals surface area contributed by atoms with Crippen LogP contribution in [0.1, 0.15) is 109 Å². The van der Waals surface area contributed by atoms with Gasteiger partial charge in [0.25, 0.3) is 0 Å². The minimum atomic E-state index is -0.191. The molecule has 0 radical (unpaired) electrons. The Morgan fingerprint density at radius 2 is 1.67 bits per heavy atom. The molecule has 0 aromatic heterocycles. The zero-order valence-corrected chi connectivity index (χ0v) is 25.3. The average Bonchev–Trinajstić information content (AvgIpc) is 3.44. The molecule has 220 valence electrons. The Morgan fingerprint density at radius 3 is 2.38 bits per heavy atom. The third kappa shape index (κ3) is 10.6. The zero-order valence-electron chi connectivity index (χ0n) is 25.3. The van der Waals surface area contributed by atoms with Gasteiger partial charge in [-0.3, -0.25) is 9.59 Å². The highest BCUT2D eigenvalue weighted by molar-refractivity contribution is 5.90. The van der Waals surface area contributed by atoms with E-state index in [1.807, 2.05) is 14.0 Å². The lowest BCUT2D eigenvalue weighted by Gasteiger charge is -2.36. The molecule has 1 saturated heterocycles. The summed E-state index contributed by atoms with van der Waals surface area (Å²) in [4.78, 5) is 32.0. The van der Waals surface area contributed by atoms with Crippen LogP contribution in [-0.2, 0) is 16.0 Å². The average molecular weight is 540 g/mol. The normalized spacial score (nSPS) is 19.9. The Morgan fingerprint density at radius 1 is 0.949 bits per heavy atom. The molecule has 1 aromatic rings. The molecule has 1 heterocycles. The first-order chi connectivity index (χ1) is 19.0. The van der Waals surface area contributed by atoms with E-state index in [1.165, 1.54) is 63.4 Å². The summed E-state index contributed by atoms with van der Waals surface area (Å²) in [7, 11) is 1.84. The van der Waals surface area contributed by atoms with Crippen molar-refractivity contribution in [2.24, 2.45) is 11.8 Å². The Balaban J connectivity index is 1.65. The highest BCUT2D eigenvalue weighted by Gasteiger charge is 2.39. The molecule has 39 heavy (non-hydrogen) atoms. The van der Waals surface area contributed by atoms with Gasteiger partial charge in [0.15, 0.2) is 0 Å².